The molecule has 1 saturated heterocycles. The predicted molar refractivity (Wildman–Crippen MR) is 90.0 cm³/mol. The van der Waals surface area contributed by atoms with Gasteiger partial charge in [0.15, 0.2) is 0 Å². The lowest BCUT2D eigenvalue weighted by Gasteiger charge is -2.34. The molecule has 0 saturated carbocycles. The summed E-state index contributed by atoms with van der Waals surface area (Å²) in [5.41, 5.74) is -1.46. The molecule has 0 aliphatic carbocycles. The first-order valence-electron chi connectivity index (χ1n) is 7.51. The number of amides is 1. The van der Waals surface area contributed by atoms with Gasteiger partial charge in [-0.25, -0.2) is 9.78 Å². The number of aromatic nitrogens is 1. The van der Waals surface area contributed by atoms with Crippen molar-refractivity contribution in [1.29, 1.82) is 0 Å². The van der Waals surface area contributed by atoms with Crippen molar-refractivity contribution >= 4 is 33.4 Å². The van der Waals surface area contributed by atoms with E-state index in [1.54, 1.807) is 4.90 Å². The molecule has 1 N–H and O–H groups in total. The second kappa shape index (κ2) is 6.84. The van der Waals surface area contributed by atoms with Crippen LogP contribution in [0, 0.1) is 0 Å². The molecule has 0 bridgehead atoms. The quantitative estimate of drug-likeness (QED) is 0.789. The van der Waals surface area contributed by atoms with E-state index in [1.165, 1.54) is 11.3 Å². The molecule has 1 atom stereocenters. The fourth-order valence-electron chi connectivity index (χ4n) is 2.47. The molecule has 22 heavy (non-hydrogen) atoms. The maximum atomic E-state index is 12.2. The Morgan fingerprint density at radius 3 is 2.73 bits per heavy atom. The maximum Gasteiger partial charge on any atom is 0.410 e. The second-order valence-corrected chi connectivity index (χ2v) is 8.35. The van der Waals surface area contributed by atoms with Gasteiger partial charge in [-0.05, 0) is 56.0 Å². The number of halogens is 1. The average molecular weight is 391 g/mol. The molecule has 1 aromatic heterocycles. The molecule has 2 rings (SSSR count). The summed E-state index contributed by atoms with van der Waals surface area (Å²) in [6.45, 7) is 6.73. The summed E-state index contributed by atoms with van der Waals surface area (Å²) in [7, 11) is 0. The van der Waals surface area contributed by atoms with Crippen LogP contribution >= 0.6 is 27.3 Å². The summed E-state index contributed by atoms with van der Waals surface area (Å²) in [6.07, 6.45) is 2.56. The highest BCUT2D eigenvalue weighted by Gasteiger charge is 2.35. The van der Waals surface area contributed by atoms with Gasteiger partial charge in [-0.1, -0.05) is 0 Å². The SMILES string of the molecule is CC(C)(C)OC(=O)N1CCCCC(O)(c2nc(Br)cs2)CC1. The number of nitrogens with zero attached hydrogens (tertiary/aromatic N) is 2. The summed E-state index contributed by atoms with van der Waals surface area (Å²) in [5.74, 6) is 0. The van der Waals surface area contributed by atoms with Gasteiger partial charge in [0.05, 0.1) is 0 Å². The summed E-state index contributed by atoms with van der Waals surface area (Å²) in [6, 6.07) is 0. The number of rotatable bonds is 1. The Hall–Kier alpha value is -0.660. The van der Waals surface area contributed by atoms with Crippen LogP contribution in [-0.4, -0.2) is 39.8 Å². The third-order valence-electron chi connectivity index (χ3n) is 3.59. The highest BCUT2D eigenvalue weighted by molar-refractivity contribution is 9.10. The van der Waals surface area contributed by atoms with Gasteiger partial charge in [-0.2, -0.15) is 0 Å². The molecule has 1 aromatic rings. The summed E-state index contributed by atoms with van der Waals surface area (Å²) < 4.78 is 6.18. The first kappa shape index (κ1) is 17.7. The van der Waals surface area contributed by atoms with Crippen molar-refractivity contribution in [2.75, 3.05) is 13.1 Å². The van der Waals surface area contributed by atoms with E-state index in [2.05, 4.69) is 20.9 Å². The molecule has 1 amide bonds. The molecule has 1 unspecified atom stereocenters. The van der Waals surface area contributed by atoms with Crippen molar-refractivity contribution in [1.82, 2.24) is 9.88 Å². The van der Waals surface area contributed by atoms with E-state index in [1.807, 2.05) is 26.2 Å². The smallest absolute Gasteiger partial charge is 0.410 e. The maximum absolute atomic E-state index is 12.2. The Bertz CT molecular complexity index is 529. The minimum Gasteiger partial charge on any atom is -0.444 e. The molecule has 2 heterocycles. The monoisotopic (exact) mass is 390 g/mol. The zero-order valence-corrected chi connectivity index (χ0v) is 15.7. The number of aliphatic hydroxyl groups is 1. The van der Waals surface area contributed by atoms with Gasteiger partial charge in [-0.15, -0.1) is 11.3 Å². The van der Waals surface area contributed by atoms with Crippen LogP contribution in [0.2, 0.25) is 0 Å². The molecule has 0 spiro atoms. The van der Waals surface area contributed by atoms with Crippen molar-refractivity contribution in [3.05, 3.63) is 15.0 Å². The van der Waals surface area contributed by atoms with Gasteiger partial charge >= 0.3 is 6.09 Å². The standard InChI is InChI=1S/C15H23BrN2O3S/c1-14(2,3)21-13(19)18-8-5-4-6-15(20,7-9-18)12-17-11(16)10-22-12/h10,20H,4-9H2,1-3H3. The molecule has 1 fully saturated rings. The molecular weight excluding hydrogens is 368 g/mol. The summed E-state index contributed by atoms with van der Waals surface area (Å²) >= 11 is 4.78. The normalized spacial score (nSPS) is 23.8. The zero-order chi connectivity index (χ0) is 16.4. The number of hydrogen-bond donors (Lipinski definition) is 1. The first-order valence-corrected chi connectivity index (χ1v) is 9.19. The Kier molecular flexibility index (Phi) is 5.50. The number of carbonyl (C=O) groups excluding carboxylic acids is 1. The molecule has 1 aliphatic rings. The van der Waals surface area contributed by atoms with E-state index < -0.39 is 11.2 Å². The molecule has 0 aromatic carbocycles. The highest BCUT2D eigenvalue weighted by Crippen LogP contribution is 2.35. The van der Waals surface area contributed by atoms with Crippen LogP contribution in [0.25, 0.3) is 0 Å². The van der Waals surface area contributed by atoms with Crippen molar-refractivity contribution in [3.8, 4) is 0 Å². The lowest BCUT2D eigenvalue weighted by atomic mass is 9.91. The minimum absolute atomic E-state index is 0.308. The fourth-order valence-corrected chi connectivity index (χ4v) is 3.88. The molecule has 124 valence electrons. The van der Waals surface area contributed by atoms with Crippen LogP contribution < -0.4 is 0 Å². The van der Waals surface area contributed by atoms with Gasteiger partial charge in [0.1, 0.15) is 20.8 Å². The van der Waals surface area contributed by atoms with Crippen LogP contribution in [0.4, 0.5) is 4.79 Å². The Morgan fingerprint density at radius 2 is 2.14 bits per heavy atom. The molecule has 1 aliphatic heterocycles. The van der Waals surface area contributed by atoms with E-state index in [0.29, 0.717) is 30.9 Å². The van der Waals surface area contributed by atoms with Gasteiger partial charge in [0, 0.05) is 24.9 Å². The van der Waals surface area contributed by atoms with E-state index >= 15 is 0 Å². The molecule has 0 radical (unpaired) electrons. The molecular formula is C15H23BrN2O3S. The van der Waals surface area contributed by atoms with E-state index in [0.717, 1.165) is 17.4 Å². The van der Waals surface area contributed by atoms with Gasteiger partial charge in [0.2, 0.25) is 0 Å². The number of carbonyl (C=O) groups is 1. The zero-order valence-electron chi connectivity index (χ0n) is 13.3. The predicted octanol–water partition coefficient (Wildman–Crippen LogP) is 3.90. The highest BCUT2D eigenvalue weighted by atomic mass is 79.9. The Morgan fingerprint density at radius 1 is 1.41 bits per heavy atom. The minimum atomic E-state index is -0.961. The van der Waals surface area contributed by atoms with Gasteiger partial charge in [-0.3, -0.25) is 0 Å². The Labute approximate surface area is 143 Å². The molecule has 5 nitrogen and oxygen atoms in total. The molecule has 7 heteroatoms. The van der Waals surface area contributed by atoms with Crippen LogP contribution in [0.1, 0.15) is 51.5 Å². The van der Waals surface area contributed by atoms with Crippen molar-refractivity contribution in [2.24, 2.45) is 0 Å². The first-order chi connectivity index (χ1) is 10.2. The van der Waals surface area contributed by atoms with E-state index in [9.17, 15) is 9.90 Å². The lowest BCUT2D eigenvalue weighted by Crippen LogP contribution is -2.42. The summed E-state index contributed by atoms with van der Waals surface area (Å²) in [4.78, 5) is 18.3. The van der Waals surface area contributed by atoms with Crippen molar-refractivity contribution in [2.45, 2.75) is 57.7 Å². The van der Waals surface area contributed by atoms with E-state index in [-0.39, 0.29) is 6.09 Å². The van der Waals surface area contributed by atoms with Gasteiger partial charge in [0.25, 0.3) is 0 Å². The van der Waals surface area contributed by atoms with Crippen LogP contribution in [-0.2, 0) is 10.3 Å². The third-order valence-corrected chi connectivity index (χ3v) is 5.33. The van der Waals surface area contributed by atoms with Gasteiger partial charge < -0.3 is 14.7 Å². The lowest BCUT2D eigenvalue weighted by molar-refractivity contribution is -0.0127. The number of likely N-dealkylation sites (tertiary alicyclic amines) is 1. The second-order valence-electron chi connectivity index (χ2n) is 6.68. The van der Waals surface area contributed by atoms with Crippen LogP contribution in [0.15, 0.2) is 9.98 Å². The van der Waals surface area contributed by atoms with Crippen LogP contribution in [0.3, 0.4) is 0 Å². The van der Waals surface area contributed by atoms with Crippen molar-refractivity contribution in [3.63, 3.8) is 0 Å². The average Bonchev–Trinajstić information content (AvgIpc) is 2.79. The number of ether oxygens (including phenoxy) is 1. The van der Waals surface area contributed by atoms with Crippen molar-refractivity contribution < 1.29 is 14.6 Å². The van der Waals surface area contributed by atoms with Crippen LogP contribution in [0.5, 0.6) is 0 Å². The topological polar surface area (TPSA) is 62.7 Å². The third kappa shape index (κ3) is 4.67. The number of thiazole rings is 1. The number of hydrogen-bond acceptors (Lipinski definition) is 5. The van der Waals surface area contributed by atoms with E-state index in [4.69, 9.17) is 4.74 Å². The largest absolute Gasteiger partial charge is 0.444 e. The summed E-state index contributed by atoms with van der Waals surface area (Å²) in [5, 5.41) is 13.5. The fraction of sp³-hybridized carbons (Fsp3) is 0.733. The Balaban J connectivity index is 2.06.